The van der Waals surface area contributed by atoms with Crippen LogP contribution in [-0.4, -0.2) is 0 Å². The zero-order chi connectivity index (χ0) is 9.97. The molecule has 0 aliphatic heterocycles. The molecule has 0 bridgehead atoms. The highest BCUT2D eigenvalue weighted by Crippen LogP contribution is 2.35. The van der Waals surface area contributed by atoms with E-state index in [9.17, 15) is 0 Å². The number of thiophene rings is 1. The van der Waals surface area contributed by atoms with Gasteiger partial charge in [0.15, 0.2) is 0 Å². The molecule has 1 unspecified atom stereocenters. The SMILES string of the molecule is CCCC(Cl)c1csc2ccccc12. The van der Waals surface area contributed by atoms with Crippen LogP contribution < -0.4 is 0 Å². The molecule has 0 N–H and O–H groups in total. The summed E-state index contributed by atoms with van der Waals surface area (Å²) in [5.74, 6) is 0. The third kappa shape index (κ3) is 1.79. The fraction of sp³-hybridized carbons (Fsp3) is 0.333. The van der Waals surface area contributed by atoms with Gasteiger partial charge in [-0.1, -0.05) is 31.5 Å². The molecule has 1 aromatic carbocycles. The van der Waals surface area contributed by atoms with Crippen molar-refractivity contribution in [3.63, 3.8) is 0 Å². The molecule has 0 aliphatic rings. The Kier molecular flexibility index (Phi) is 3.09. The molecule has 0 amide bonds. The maximum absolute atomic E-state index is 6.33. The molecular formula is C12H13ClS. The second kappa shape index (κ2) is 4.33. The summed E-state index contributed by atoms with van der Waals surface area (Å²) >= 11 is 8.12. The summed E-state index contributed by atoms with van der Waals surface area (Å²) in [6.07, 6.45) is 2.20. The maximum Gasteiger partial charge on any atom is 0.0599 e. The van der Waals surface area contributed by atoms with Gasteiger partial charge in [0.2, 0.25) is 0 Å². The lowest BCUT2D eigenvalue weighted by Crippen LogP contribution is -1.87. The van der Waals surface area contributed by atoms with Gasteiger partial charge in [-0.15, -0.1) is 22.9 Å². The Hall–Kier alpha value is -0.530. The first-order chi connectivity index (χ1) is 6.83. The van der Waals surface area contributed by atoms with Crippen LogP contribution >= 0.6 is 22.9 Å². The summed E-state index contributed by atoms with van der Waals surface area (Å²) in [6, 6.07) is 8.46. The van der Waals surface area contributed by atoms with Gasteiger partial charge in [-0.05, 0) is 28.8 Å². The fourth-order valence-corrected chi connectivity index (χ4v) is 3.14. The molecule has 74 valence electrons. The molecule has 0 saturated heterocycles. The van der Waals surface area contributed by atoms with Crippen molar-refractivity contribution in [2.45, 2.75) is 25.1 Å². The molecule has 2 heteroatoms. The number of rotatable bonds is 3. The van der Waals surface area contributed by atoms with Crippen molar-refractivity contribution >= 4 is 33.0 Å². The Morgan fingerprint density at radius 2 is 2.14 bits per heavy atom. The second-order valence-corrected chi connectivity index (χ2v) is 4.88. The summed E-state index contributed by atoms with van der Waals surface area (Å²) in [6.45, 7) is 2.17. The molecule has 14 heavy (non-hydrogen) atoms. The van der Waals surface area contributed by atoms with Crippen molar-refractivity contribution in [2.75, 3.05) is 0 Å². The van der Waals surface area contributed by atoms with Crippen LogP contribution in [-0.2, 0) is 0 Å². The average Bonchev–Trinajstić information content (AvgIpc) is 2.61. The average molecular weight is 225 g/mol. The lowest BCUT2D eigenvalue weighted by molar-refractivity contribution is 0.776. The van der Waals surface area contributed by atoms with Crippen molar-refractivity contribution in [3.05, 3.63) is 35.2 Å². The van der Waals surface area contributed by atoms with Crippen LogP contribution in [0.15, 0.2) is 29.6 Å². The predicted molar refractivity (Wildman–Crippen MR) is 65.3 cm³/mol. The van der Waals surface area contributed by atoms with E-state index in [-0.39, 0.29) is 5.38 Å². The summed E-state index contributed by atoms with van der Waals surface area (Å²) in [5.41, 5.74) is 1.30. The minimum Gasteiger partial charge on any atom is -0.143 e. The van der Waals surface area contributed by atoms with Crippen molar-refractivity contribution in [1.29, 1.82) is 0 Å². The van der Waals surface area contributed by atoms with E-state index in [0.717, 1.165) is 12.8 Å². The maximum atomic E-state index is 6.33. The van der Waals surface area contributed by atoms with Gasteiger partial charge in [0.05, 0.1) is 5.38 Å². The van der Waals surface area contributed by atoms with Gasteiger partial charge >= 0.3 is 0 Å². The molecule has 0 radical (unpaired) electrons. The Bertz CT molecular complexity index is 419. The quantitative estimate of drug-likeness (QED) is 0.645. The number of fused-ring (bicyclic) bond motifs is 1. The standard InChI is InChI=1S/C12H13ClS/c1-2-5-11(13)10-8-14-12-7-4-3-6-9(10)12/h3-4,6-8,11H,2,5H2,1H3. The summed E-state index contributed by atoms with van der Waals surface area (Å²) < 4.78 is 1.34. The molecular weight excluding hydrogens is 212 g/mol. The lowest BCUT2D eigenvalue weighted by Gasteiger charge is -2.05. The Morgan fingerprint density at radius 1 is 1.36 bits per heavy atom. The lowest BCUT2D eigenvalue weighted by atomic mass is 10.1. The first kappa shape index (κ1) is 10.0. The molecule has 1 aromatic heterocycles. The Morgan fingerprint density at radius 3 is 2.93 bits per heavy atom. The summed E-state index contributed by atoms with van der Waals surface area (Å²) in [5, 5.41) is 3.69. The highest BCUT2D eigenvalue weighted by molar-refractivity contribution is 7.17. The molecule has 0 fully saturated rings. The minimum atomic E-state index is 0.177. The van der Waals surface area contributed by atoms with Crippen LogP contribution in [0.1, 0.15) is 30.7 Å². The smallest absolute Gasteiger partial charge is 0.0599 e. The molecule has 0 aliphatic carbocycles. The van der Waals surface area contributed by atoms with Crippen molar-refractivity contribution in [1.82, 2.24) is 0 Å². The third-order valence-electron chi connectivity index (χ3n) is 2.39. The van der Waals surface area contributed by atoms with Gasteiger partial charge in [0.25, 0.3) is 0 Å². The Labute approximate surface area is 93.5 Å². The first-order valence-electron chi connectivity index (χ1n) is 4.93. The van der Waals surface area contributed by atoms with E-state index in [0.29, 0.717) is 0 Å². The normalized spacial score (nSPS) is 13.3. The van der Waals surface area contributed by atoms with E-state index in [1.165, 1.54) is 15.6 Å². The van der Waals surface area contributed by atoms with E-state index >= 15 is 0 Å². The number of hydrogen-bond acceptors (Lipinski definition) is 1. The molecule has 0 nitrogen and oxygen atoms in total. The summed E-state index contributed by atoms with van der Waals surface area (Å²) in [7, 11) is 0. The highest BCUT2D eigenvalue weighted by atomic mass is 35.5. The van der Waals surface area contributed by atoms with Crippen molar-refractivity contribution in [3.8, 4) is 0 Å². The predicted octanol–water partition coefficient (Wildman–Crippen LogP) is 4.98. The molecule has 0 saturated carbocycles. The molecule has 2 aromatic rings. The van der Waals surface area contributed by atoms with Gasteiger partial charge in [-0.25, -0.2) is 0 Å². The van der Waals surface area contributed by atoms with Gasteiger partial charge in [0.1, 0.15) is 0 Å². The molecule has 0 spiro atoms. The van der Waals surface area contributed by atoms with E-state index < -0.39 is 0 Å². The van der Waals surface area contributed by atoms with Crippen LogP contribution in [0.2, 0.25) is 0 Å². The van der Waals surface area contributed by atoms with E-state index in [4.69, 9.17) is 11.6 Å². The van der Waals surface area contributed by atoms with Gasteiger partial charge < -0.3 is 0 Å². The van der Waals surface area contributed by atoms with E-state index in [2.05, 4.69) is 36.6 Å². The molecule has 2 rings (SSSR count). The number of hydrogen-bond donors (Lipinski definition) is 0. The van der Waals surface area contributed by atoms with Gasteiger partial charge in [-0.3, -0.25) is 0 Å². The van der Waals surface area contributed by atoms with Gasteiger partial charge in [-0.2, -0.15) is 0 Å². The summed E-state index contributed by atoms with van der Waals surface area (Å²) in [4.78, 5) is 0. The van der Waals surface area contributed by atoms with E-state index in [1.807, 2.05) is 0 Å². The first-order valence-corrected chi connectivity index (χ1v) is 6.24. The number of halogens is 1. The van der Waals surface area contributed by atoms with Gasteiger partial charge in [0, 0.05) is 4.70 Å². The van der Waals surface area contributed by atoms with Crippen LogP contribution in [0, 0.1) is 0 Å². The molecule has 1 atom stereocenters. The second-order valence-electron chi connectivity index (χ2n) is 3.44. The van der Waals surface area contributed by atoms with Crippen LogP contribution in [0.4, 0.5) is 0 Å². The highest BCUT2D eigenvalue weighted by Gasteiger charge is 2.11. The van der Waals surface area contributed by atoms with E-state index in [1.54, 1.807) is 11.3 Å². The topological polar surface area (TPSA) is 0 Å². The largest absolute Gasteiger partial charge is 0.143 e. The van der Waals surface area contributed by atoms with Crippen LogP contribution in [0.5, 0.6) is 0 Å². The number of alkyl halides is 1. The zero-order valence-electron chi connectivity index (χ0n) is 8.16. The Balaban J connectivity index is 2.42. The van der Waals surface area contributed by atoms with Crippen molar-refractivity contribution < 1.29 is 0 Å². The number of benzene rings is 1. The van der Waals surface area contributed by atoms with Crippen molar-refractivity contribution in [2.24, 2.45) is 0 Å². The van der Waals surface area contributed by atoms with Crippen LogP contribution in [0.25, 0.3) is 10.1 Å². The zero-order valence-corrected chi connectivity index (χ0v) is 9.74. The minimum absolute atomic E-state index is 0.177. The van der Waals surface area contributed by atoms with Crippen LogP contribution in [0.3, 0.4) is 0 Å². The fourth-order valence-electron chi connectivity index (χ4n) is 1.65. The third-order valence-corrected chi connectivity index (χ3v) is 3.83. The monoisotopic (exact) mass is 224 g/mol. The molecule has 1 heterocycles.